The number of ether oxygens (including phenoxy) is 1. The summed E-state index contributed by atoms with van der Waals surface area (Å²) in [4.78, 5) is 25.8. The lowest BCUT2D eigenvalue weighted by Gasteiger charge is -2.19. The highest BCUT2D eigenvalue weighted by atomic mass is 35.5. The first-order chi connectivity index (χ1) is 14.4. The van der Waals surface area contributed by atoms with Crippen LogP contribution in [0.2, 0.25) is 5.02 Å². The average molecular weight is 451 g/mol. The molecule has 6 nitrogen and oxygen atoms in total. The van der Waals surface area contributed by atoms with Crippen LogP contribution in [0.15, 0.2) is 57.6 Å². The average Bonchev–Trinajstić information content (AvgIpc) is 3.48. The zero-order valence-corrected chi connectivity index (χ0v) is 16.8. The van der Waals surface area contributed by atoms with Gasteiger partial charge in [-0.2, -0.15) is 5.10 Å². The zero-order chi connectivity index (χ0) is 21.3. The van der Waals surface area contributed by atoms with Gasteiger partial charge in [0.05, 0.1) is 27.4 Å². The van der Waals surface area contributed by atoms with Crippen LogP contribution in [0.4, 0.5) is 8.78 Å². The lowest BCUT2D eigenvalue weighted by Crippen LogP contribution is -2.31. The van der Waals surface area contributed by atoms with E-state index in [0.29, 0.717) is 30.0 Å². The molecule has 0 aliphatic carbocycles. The number of thiophene rings is 1. The van der Waals surface area contributed by atoms with Gasteiger partial charge in [-0.1, -0.05) is 17.7 Å². The Hall–Kier alpha value is -3.04. The predicted molar refractivity (Wildman–Crippen MR) is 105 cm³/mol. The molecule has 2 aromatic heterocycles. The largest absolute Gasteiger partial charge is 0.467 e. The van der Waals surface area contributed by atoms with E-state index in [1.54, 1.807) is 12.1 Å². The maximum atomic E-state index is 13.4. The first-order valence-corrected chi connectivity index (χ1v) is 9.98. The van der Waals surface area contributed by atoms with E-state index in [9.17, 15) is 18.4 Å². The highest BCUT2D eigenvalue weighted by molar-refractivity contribution is 7.12. The van der Waals surface area contributed by atoms with E-state index in [4.69, 9.17) is 20.8 Å². The van der Waals surface area contributed by atoms with Gasteiger partial charge in [-0.05, 0) is 35.7 Å². The summed E-state index contributed by atoms with van der Waals surface area (Å²) in [7, 11) is 0. The number of hydrogen-bond acceptors (Lipinski definition) is 6. The molecule has 1 amide bonds. The third kappa shape index (κ3) is 3.99. The van der Waals surface area contributed by atoms with E-state index in [1.807, 2.05) is 17.5 Å². The molecule has 0 bridgehead atoms. The van der Waals surface area contributed by atoms with E-state index in [-0.39, 0.29) is 10.6 Å². The molecule has 30 heavy (non-hydrogen) atoms. The number of furan rings is 1. The molecule has 3 aromatic rings. The van der Waals surface area contributed by atoms with Gasteiger partial charge in [-0.3, -0.25) is 4.79 Å². The SMILES string of the molecule is O=C(OCC(=O)N1N=C(c2cccs2)CC1c1ccco1)c1cc(F)c(F)cc1Cl. The molecule has 1 unspecified atom stereocenters. The van der Waals surface area contributed by atoms with E-state index in [2.05, 4.69) is 5.10 Å². The fourth-order valence-corrected chi connectivity index (χ4v) is 3.93. The maximum absolute atomic E-state index is 13.4. The van der Waals surface area contributed by atoms with Gasteiger partial charge in [-0.25, -0.2) is 18.6 Å². The van der Waals surface area contributed by atoms with Crippen LogP contribution in [0.1, 0.15) is 33.5 Å². The van der Waals surface area contributed by atoms with Crippen molar-refractivity contribution >= 4 is 40.5 Å². The van der Waals surface area contributed by atoms with E-state index in [1.165, 1.54) is 22.6 Å². The number of carbonyl (C=O) groups excluding carboxylic acids is 2. The summed E-state index contributed by atoms with van der Waals surface area (Å²) in [5.41, 5.74) is 0.324. The minimum atomic E-state index is -1.25. The molecular weight excluding hydrogens is 438 g/mol. The van der Waals surface area contributed by atoms with Gasteiger partial charge < -0.3 is 9.15 Å². The lowest BCUT2D eigenvalue weighted by molar-refractivity contribution is -0.136. The number of nitrogens with zero attached hydrogens (tertiary/aromatic N) is 2. The molecule has 0 saturated carbocycles. The smallest absolute Gasteiger partial charge is 0.340 e. The highest BCUT2D eigenvalue weighted by Crippen LogP contribution is 2.34. The Kier molecular flexibility index (Phi) is 5.65. The van der Waals surface area contributed by atoms with Crippen LogP contribution in [0, 0.1) is 11.6 Å². The number of hydrazone groups is 1. The van der Waals surface area contributed by atoms with Crippen molar-refractivity contribution in [1.29, 1.82) is 0 Å². The van der Waals surface area contributed by atoms with Crippen LogP contribution < -0.4 is 0 Å². The first-order valence-electron chi connectivity index (χ1n) is 8.72. The summed E-state index contributed by atoms with van der Waals surface area (Å²) < 4.78 is 37.0. The topological polar surface area (TPSA) is 72.1 Å². The standard InChI is InChI=1S/C20H13ClF2N2O4S/c21-12-8-14(23)13(22)7-11(12)20(27)29-10-19(26)25-16(17-3-1-5-28-17)9-15(24-25)18-4-2-6-30-18/h1-8,16H,9-10H2. The van der Waals surface area contributed by atoms with E-state index in [0.717, 1.165) is 4.88 Å². The molecule has 10 heteroatoms. The molecule has 1 atom stereocenters. The predicted octanol–water partition coefficient (Wildman–Crippen LogP) is 4.81. The van der Waals surface area contributed by atoms with Crippen molar-refractivity contribution in [2.45, 2.75) is 12.5 Å². The summed E-state index contributed by atoms with van der Waals surface area (Å²) >= 11 is 7.26. The third-order valence-corrected chi connectivity index (χ3v) is 5.63. The number of rotatable bonds is 5. The summed E-state index contributed by atoms with van der Waals surface area (Å²) in [5, 5.41) is 7.17. The molecule has 4 rings (SSSR count). The normalized spacial score (nSPS) is 15.9. The van der Waals surface area contributed by atoms with Crippen LogP contribution >= 0.6 is 22.9 Å². The number of halogens is 3. The molecule has 1 aromatic carbocycles. The van der Waals surface area contributed by atoms with Crippen LogP contribution in [-0.2, 0) is 9.53 Å². The van der Waals surface area contributed by atoms with Gasteiger partial charge in [0.15, 0.2) is 18.2 Å². The van der Waals surface area contributed by atoms with Gasteiger partial charge in [0.1, 0.15) is 11.8 Å². The summed E-state index contributed by atoms with van der Waals surface area (Å²) in [6.07, 6.45) is 1.93. The monoisotopic (exact) mass is 450 g/mol. The summed E-state index contributed by atoms with van der Waals surface area (Å²) in [6.45, 7) is -0.660. The molecule has 0 fully saturated rings. The number of amides is 1. The van der Waals surface area contributed by atoms with Crippen LogP contribution in [0.25, 0.3) is 0 Å². The second kappa shape index (κ2) is 8.37. The molecule has 1 aliphatic rings. The minimum absolute atomic E-state index is 0.320. The molecule has 0 spiro atoms. The van der Waals surface area contributed by atoms with Crippen LogP contribution in [0.3, 0.4) is 0 Å². The van der Waals surface area contributed by atoms with Crippen molar-refractivity contribution in [2.75, 3.05) is 6.61 Å². The van der Waals surface area contributed by atoms with Gasteiger partial charge in [-0.15, -0.1) is 11.3 Å². The fourth-order valence-electron chi connectivity index (χ4n) is 2.98. The van der Waals surface area contributed by atoms with Gasteiger partial charge >= 0.3 is 5.97 Å². The number of hydrogen-bond donors (Lipinski definition) is 0. The van der Waals surface area contributed by atoms with Gasteiger partial charge in [0.25, 0.3) is 5.91 Å². The Labute approximate surface area is 178 Å². The maximum Gasteiger partial charge on any atom is 0.340 e. The number of benzene rings is 1. The Morgan fingerprint density at radius 3 is 2.77 bits per heavy atom. The van der Waals surface area contributed by atoms with Crippen molar-refractivity contribution in [3.8, 4) is 0 Å². The molecule has 3 heterocycles. The third-order valence-electron chi connectivity index (χ3n) is 4.40. The molecule has 0 N–H and O–H groups in total. The molecule has 0 radical (unpaired) electrons. The van der Waals surface area contributed by atoms with Crippen molar-refractivity contribution in [1.82, 2.24) is 5.01 Å². The van der Waals surface area contributed by atoms with Crippen molar-refractivity contribution in [3.63, 3.8) is 0 Å². The zero-order valence-electron chi connectivity index (χ0n) is 15.2. The van der Waals surface area contributed by atoms with Crippen LogP contribution in [-0.4, -0.2) is 29.2 Å². The second-order valence-electron chi connectivity index (χ2n) is 6.32. The molecule has 0 saturated heterocycles. The van der Waals surface area contributed by atoms with Crippen LogP contribution in [0.5, 0.6) is 0 Å². The summed E-state index contributed by atoms with van der Waals surface area (Å²) in [5.74, 6) is -3.56. The Morgan fingerprint density at radius 2 is 2.07 bits per heavy atom. The van der Waals surface area contributed by atoms with Crippen molar-refractivity contribution in [2.24, 2.45) is 5.10 Å². The van der Waals surface area contributed by atoms with E-state index >= 15 is 0 Å². The quantitative estimate of drug-likeness (QED) is 0.413. The van der Waals surface area contributed by atoms with Gasteiger partial charge in [0.2, 0.25) is 0 Å². The van der Waals surface area contributed by atoms with Crippen molar-refractivity contribution in [3.05, 3.63) is 80.9 Å². The summed E-state index contributed by atoms with van der Waals surface area (Å²) in [6, 6.07) is 8.00. The Balaban J connectivity index is 1.50. The molecule has 1 aliphatic heterocycles. The first kappa shape index (κ1) is 20.2. The van der Waals surface area contributed by atoms with Gasteiger partial charge in [0, 0.05) is 6.42 Å². The minimum Gasteiger partial charge on any atom is -0.467 e. The highest BCUT2D eigenvalue weighted by Gasteiger charge is 2.35. The number of carbonyl (C=O) groups is 2. The second-order valence-corrected chi connectivity index (χ2v) is 7.67. The van der Waals surface area contributed by atoms with E-state index < -0.39 is 36.2 Å². The lowest BCUT2D eigenvalue weighted by atomic mass is 10.1. The molecular formula is C20H13ClF2N2O4S. The van der Waals surface area contributed by atoms with Crippen molar-refractivity contribution < 1.29 is 27.5 Å². The fraction of sp³-hybridized carbons (Fsp3) is 0.150. The molecule has 154 valence electrons. The Morgan fingerprint density at radius 1 is 1.27 bits per heavy atom. The number of esters is 1. The Bertz CT molecular complexity index is 1120.